The van der Waals surface area contributed by atoms with Gasteiger partial charge in [-0.05, 0) is 17.7 Å². The maximum absolute atomic E-state index is 11.4. The van der Waals surface area contributed by atoms with E-state index < -0.39 is 10.8 Å². The SMILES string of the molecule is NC(=O)c1ccc(CN2CCNCC2c2ccccc2Cl)c([N+](=O)[O-])c1. The number of hydrogen-bond donors (Lipinski definition) is 2. The van der Waals surface area contributed by atoms with Gasteiger partial charge in [-0.15, -0.1) is 0 Å². The summed E-state index contributed by atoms with van der Waals surface area (Å²) in [6.45, 7) is 2.60. The van der Waals surface area contributed by atoms with Gasteiger partial charge in [0.15, 0.2) is 0 Å². The molecule has 7 nitrogen and oxygen atoms in total. The van der Waals surface area contributed by atoms with Crippen LogP contribution in [-0.2, 0) is 6.54 Å². The monoisotopic (exact) mass is 374 g/mol. The van der Waals surface area contributed by atoms with Gasteiger partial charge in [-0.3, -0.25) is 19.8 Å². The van der Waals surface area contributed by atoms with Gasteiger partial charge in [-0.2, -0.15) is 0 Å². The van der Waals surface area contributed by atoms with Crippen molar-refractivity contribution in [1.29, 1.82) is 0 Å². The molecule has 0 saturated carbocycles. The summed E-state index contributed by atoms with van der Waals surface area (Å²) in [6.07, 6.45) is 0. The smallest absolute Gasteiger partial charge is 0.274 e. The summed E-state index contributed by atoms with van der Waals surface area (Å²) >= 11 is 6.35. The zero-order valence-corrected chi connectivity index (χ0v) is 14.8. The molecule has 1 aliphatic rings. The van der Waals surface area contributed by atoms with Crippen LogP contribution in [0.2, 0.25) is 5.02 Å². The predicted octanol–water partition coefficient (Wildman–Crippen LogP) is 2.49. The first-order valence-corrected chi connectivity index (χ1v) is 8.61. The largest absolute Gasteiger partial charge is 0.366 e. The lowest BCUT2D eigenvalue weighted by molar-refractivity contribution is -0.385. The summed E-state index contributed by atoms with van der Waals surface area (Å²) in [6, 6.07) is 12.0. The highest BCUT2D eigenvalue weighted by Crippen LogP contribution is 2.31. The number of nitrogens with two attached hydrogens (primary N) is 1. The molecule has 0 bridgehead atoms. The predicted molar refractivity (Wildman–Crippen MR) is 99.1 cm³/mol. The lowest BCUT2D eigenvalue weighted by Crippen LogP contribution is -2.45. The zero-order valence-electron chi connectivity index (χ0n) is 14.0. The van der Waals surface area contributed by atoms with E-state index in [0.29, 0.717) is 23.7 Å². The van der Waals surface area contributed by atoms with Gasteiger partial charge in [0, 0.05) is 54.4 Å². The van der Waals surface area contributed by atoms with Crippen LogP contribution in [0.25, 0.3) is 0 Å². The molecule has 1 atom stereocenters. The molecule has 0 aliphatic carbocycles. The maximum atomic E-state index is 11.4. The number of nitro benzene ring substituents is 1. The van der Waals surface area contributed by atoms with Crippen molar-refractivity contribution in [1.82, 2.24) is 10.2 Å². The van der Waals surface area contributed by atoms with Gasteiger partial charge in [-0.1, -0.05) is 35.9 Å². The third-order valence-corrected chi connectivity index (χ3v) is 4.90. The fourth-order valence-corrected chi connectivity index (χ4v) is 3.49. The lowest BCUT2D eigenvalue weighted by atomic mass is 10.0. The van der Waals surface area contributed by atoms with Crippen LogP contribution in [0.5, 0.6) is 0 Å². The van der Waals surface area contributed by atoms with E-state index in [-0.39, 0.29) is 17.3 Å². The van der Waals surface area contributed by atoms with Gasteiger partial charge in [0.2, 0.25) is 5.91 Å². The third kappa shape index (κ3) is 3.85. The first-order valence-electron chi connectivity index (χ1n) is 8.23. The maximum Gasteiger partial charge on any atom is 0.274 e. The molecule has 1 amide bonds. The van der Waals surface area contributed by atoms with E-state index in [9.17, 15) is 14.9 Å². The highest BCUT2D eigenvalue weighted by Gasteiger charge is 2.27. The number of nitro groups is 1. The number of nitrogens with zero attached hydrogens (tertiary/aromatic N) is 2. The average Bonchev–Trinajstić information content (AvgIpc) is 2.63. The molecule has 0 spiro atoms. The molecule has 1 unspecified atom stereocenters. The summed E-state index contributed by atoms with van der Waals surface area (Å²) in [4.78, 5) is 24.4. The fourth-order valence-electron chi connectivity index (χ4n) is 3.23. The van der Waals surface area contributed by atoms with Crippen molar-refractivity contribution >= 4 is 23.2 Å². The lowest BCUT2D eigenvalue weighted by Gasteiger charge is -2.36. The Morgan fingerprint density at radius 3 is 2.81 bits per heavy atom. The first-order chi connectivity index (χ1) is 12.5. The van der Waals surface area contributed by atoms with Crippen molar-refractivity contribution in [3.63, 3.8) is 0 Å². The van der Waals surface area contributed by atoms with Crippen LogP contribution in [0, 0.1) is 10.1 Å². The Labute approximate surface area is 155 Å². The standard InChI is InChI=1S/C18H19ClN4O3/c19-15-4-2-1-3-14(15)17-10-21-7-8-22(17)11-13-6-5-12(18(20)24)9-16(13)23(25)26/h1-6,9,17,21H,7-8,10-11H2,(H2,20,24). The molecular formula is C18H19ClN4O3. The highest BCUT2D eigenvalue weighted by molar-refractivity contribution is 6.31. The Kier molecular flexibility index (Phi) is 5.51. The van der Waals surface area contributed by atoms with E-state index in [4.69, 9.17) is 17.3 Å². The van der Waals surface area contributed by atoms with E-state index >= 15 is 0 Å². The van der Waals surface area contributed by atoms with Crippen molar-refractivity contribution in [2.75, 3.05) is 19.6 Å². The second kappa shape index (κ2) is 7.82. The summed E-state index contributed by atoms with van der Waals surface area (Å²) < 4.78 is 0. The van der Waals surface area contributed by atoms with Crippen LogP contribution < -0.4 is 11.1 Å². The van der Waals surface area contributed by atoms with E-state index in [2.05, 4.69) is 10.2 Å². The number of benzene rings is 2. The van der Waals surface area contributed by atoms with Crippen LogP contribution in [0.4, 0.5) is 5.69 Å². The van der Waals surface area contributed by atoms with Crippen LogP contribution in [-0.4, -0.2) is 35.4 Å². The minimum atomic E-state index is -0.684. The summed E-state index contributed by atoms with van der Waals surface area (Å²) in [5.41, 5.74) is 6.79. The molecule has 1 fully saturated rings. The molecule has 8 heteroatoms. The summed E-state index contributed by atoms with van der Waals surface area (Å²) in [5.74, 6) is -0.684. The van der Waals surface area contributed by atoms with E-state index in [1.807, 2.05) is 24.3 Å². The van der Waals surface area contributed by atoms with Gasteiger partial charge < -0.3 is 11.1 Å². The Bertz CT molecular complexity index is 843. The molecule has 1 heterocycles. The molecular weight excluding hydrogens is 356 g/mol. The van der Waals surface area contributed by atoms with Gasteiger partial charge >= 0.3 is 0 Å². The average molecular weight is 375 g/mol. The van der Waals surface area contributed by atoms with E-state index in [1.165, 1.54) is 12.1 Å². The number of halogens is 1. The Morgan fingerprint density at radius 2 is 2.12 bits per heavy atom. The van der Waals surface area contributed by atoms with Crippen molar-refractivity contribution in [2.24, 2.45) is 5.73 Å². The first kappa shape index (κ1) is 18.3. The van der Waals surface area contributed by atoms with E-state index in [0.717, 1.165) is 18.7 Å². The Hall–Kier alpha value is -2.48. The molecule has 1 saturated heterocycles. The number of hydrogen-bond acceptors (Lipinski definition) is 5. The van der Waals surface area contributed by atoms with E-state index in [1.54, 1.807) is 6.07 Å². The topological polar surface area (TPSA) is 102 Å². The number of carbonyl (C=O) groups is 1. The molecule has 2 aromatic rings. The van der Waals surface area contributed by atoms with Gasteiger partial charge in [0.1, 0.15) is 0 Å². The van der Waals surface area contributed by atoms with Crippen molar-refractivity contribution in [2.45, 2.75) is 12.6 Å². The number of amides is 1. The molecule has 3 rings (SSSR count). The number of piperazine rings is 1. The third-order valence-electron chi connectivity index (χ3n) is 4.56. The van der Waals surface area contributed by atoms with Gasteiger partial charge in [0.25, 0.3) is 5.69 Å². The molecule has 136 valence electrons. The van der Waals surface area contributed by atoms with Crippen molar-refractivity contribution in [3.05, 3.63) is 74.3 Å². The van der Waals surface area contributed by atoms with Crippen LogP contribution in [0.15, 0.2) is 42.5 Å². The van der Waals surface area contributed by atoms with Gasteiger partial charge in [-0.25, -0.2) is 0 Å². The van der Waals surface area contributed by atoms with Gasteiger partial charge in [0.05, 0.1) is 4.92 Å². The van der Waals surface area contributed by atoms with Crippen molar-refractivity contribution in [3.8, 4) is 0 Å². The van der Waals surface area contributed by atoms with Crippen molar-refractivity contribution < 1.29 is 9.72 Å². The normalized spacial score (nSPS) is 17.8. The quantitative estimate of drug-likeness (QED) is 0.618. The van der Waals surface area contributed by atoms with Crippen LogP contribution >= 0.6 is 11.6 Å². The van der Waals surface area contributed by atoms with Crippen LogP contribution in [0.3, 0.4) is 0 Å². The van der Waals surface area contributed by atoms with Crippen LogP contribution in [0.1, 0.15) is 27.5 Å². The minimum absolute atomic E-state index is 0.00729. The Morgan fingerprint density at radius 1 is 1.35 bits per heavy atom. The second-order valence-corrected chi connectivity index (χ2v) is 6.58. The molecule has 3 N–H and O–H groups in total. The molecule has 26 heavy (non-hydrogen) atoms. The second-order valence-electron chi connectivity index (χ2n) is 6.18. The summed E-state index contributed by atoms with van der Waals surface area (Å²) in [5, 5.41) is 15.5. The number of primary amides is 1. The minimum Gasteiger partial charge on any atom is -0.366 e. The fraction of sp³-hybridized carbons (Fsp3) is 0.278. The zero-order chi connectivity index (χ0) is 18.7. The number of rotatable bonds is 5. The molecule has 1 aliphatic heterocycles. The number of nitrogens with one attached hydrogen (secondary N) is 1. The number of carbonyl (C=O) groups excluding carboxylic acids is 1. The highest BCUT2D eigenvalue weighted by atomic mass is 35.5. The molecule has 0 aromatic heterocycles. The Balaban J connectivity index is 1.92. The molecule has 2 aromatic carbocycles. The summed E-state index contributed by atoms with van der Waals surface area (Å²) in [7, 11) is 0. The molecule has 0 radical (unpaired) electrons.